The number of rotatable bonds is 4. The first-order valence-corrected chi connectivity index (χ1v) is 5.51. The quantitative estimate of drug-likeness (QED) is 0.831. The van der Waals surface area contributed by atoms with Gasteiger partial charge in [0.1, 0.15) is 5.69 Å². The lowest BCUT2D eigenvalue weighted by Gasteiger charge is -2.06. The summed E-state index contributed by atoms with van der Waals surface area (Å²) in [6, 6.07) is 3.80. The maximum atomic E-state index is 5.34. The van der Waals surface area contributed by atoms with Gasteiger partial charge in [-0.25, -0.2) is 0 Å². The molecule has 0 aliphatic heterocycles. The second kappa shape index (κ2) is 4.43. The molecule has 0 aliphatic rings. The van der Waals surface area contributed by atoms with Crippen LogP contribution in [0.1, 0.15) is 19.4 Å². The van der Waals surface area contributed by atoms with Gasteiger partial charge in [0.25, 0.3) is 0 Å². The van der Waals surface area contributed by atoms with Gasteiger partial charge in [-0.2, -0.15) is 5.10 Å². The number of anilines is 1. The van der Waals surface area contributed by atoms with Crippen LogP contribution in [0.3, 0.4) is 0 Å². The van der Waals surface area contributed by atoms with Crippen molar-refractivity contribution in [1.29, 1.82) is 0 Å². The lowest BCUT2D eigenvalue weighted by molar-refractivity contribution is 0.579. The van der Waals surface area contributed by atoms with Gasteiger partial charge >= 0.3 is 0 Å². The molecule has 0 aliphatic carbocycles. The lowest BCUT2D eigenvalue weighted by Crippen LogP contribution is -2.08. The van der Waals surface area contributed by atoms with Crippen molar-refractivity contribution in [3.63, 3.8) is 0 Å². The Kier molecular flexibility index (Phi) is 2.99. The van der Waals surface area contributed by atoms with Crippen LogP contribution < -0.4 is 5.32 Å². The van der Waals surface area contributed by atoms with Crippen LogP contribution in [0.25, 0.3) is 11.5 Å². The third-order valence-corrected chi connectivity index (χ3v) is 2.46. The molecular weight excluding hydrogens is 202 g/mol. The normalized spacial score (nSPS) is 11.0. The highest BCUT2D eigenvalue weighted by Gasteiger charge is 2.12. The molecule has 2 rings (SSSR count). The Morgan fingerprint density at radius 3 is 2.94 bits per heavy atom. The molecule has 4 heteroatoms. The van der Waals surface area contributed by atoms with Gasteiger partial charge in [0, 0.05) is 12.1 Å². The van der Waals surface area contributed by atoms with E-state index in [9.17, 15) is 0 Å². The fourth-order valence-corrected chi connectivity index (χ4v) is 1.53. The Bertz CT molecular complexity index is 443. The summed E-state index contributed by atoms with van der Waals surface area (Å²) >= 11 is 0. The average Bonchev–Trinajstić information content (AvgIpc) is 2.84. The van der Waals surface area contributed by atoms with Gasteiger partial charge in [0.15, 0.2) is 11.6 Å². The molecule has 2 heterocycles. The highest BCUT2D eigenvalue weighted by molar-refractivity contribution is 5.64. The molecule has 0 fully saturated rings. The van der Waals surface area contributed by atoms with Crippen molar-refractivity contribution in [3.05, 3.63) is 24.0 Å². The molecule has 4 nitrogen and oxygen atoms in total. The van der Waals surface area contributed by atoms with Crippen molar-refractivity contribution < 1.29 is 4.42 Å². The Morgan fingerprint density at radius 1 is 1.50 bits per heavy atom. The summed E-state index contributed by atoms with van der Waals surface area (Å²) in [4.78, 5) is 0. The van der Waals surface area contributed by atoms with E-state index >= 15 is 0 Å². The minimum atomic E-state index is 0.600. The highest BCUT2D eigenvalue weighted by atomic mass is 16.3. The molecule has 16 heavy (non-hydrogen) atoms. The maximum Gasteiger partial charge on any atom is 0.151 e. The number of aromatic amines is 1. The van der Waals surface area contributed by atoms with Crippen molar-refractivity contribution in [2.75, 3.05) is 11.9 Å². The van der Waals surface area contributed by atoms with Crippen LogP contribution in [0.15, 0.2) is 22.8 Å². The van der Waals surface area contributed by atoms with Crippen LogP contribution in [-0.4, -0.2) is 16.7 Å². The summed E-state index contributed by atoms with van der Waals surface area (Å²) in [6.45, 7) is 7.29. The fourth-order valence-electron chi connectivity index (χ4n) is 1.53. The van der Waals surface area contributed by atoms with Gasteiger partial charge in [-0.1, -0.05) is 13.8 Å². The molecule has 0 atom stereocenters. The number of aromatic nitrogens is 2. The predicted octanol–water partition coefficient (Wildman–Crippen LogP) is 3.05. The molecule has 0 amide bonds. The summed E-state index contributed by atoms with van der Waals surface area (Å²) in [5.74, 6) is 2.32. The first kappa shape index (κ1) is 10.8. The summed E-state index contributed by atoms with van der Waals surface area (Å²) < 4.78 is 5.34. The van der Waals surface area contributed by atoms with E-state index in [4.69, 9.17) is 4.42 Å². The molecule has 0 spiro atoms. The van der Waals surface area contributed by atoms with Crippen LogP contribution in [-0.2, 0) is 0 Å². The monoisotopic (exact) mass is 219 g/mol. The molecule has 0 radical (unpaired) electrons. The van der Waals surface area contributed by atoms with E-state index in [0.717, 1.165) is 29.4 Å². The largest absolute Gasteiger partial charge is 0.463 e. The topological polar surface area (TPSA) is 53.9 Å². The first-order valence-electron chi connectivity index (χ1n) is 5.51. The standard InChI is InChI=1S/C12H17N3O/c1-8(2)7-13-12-9(3)11(14-15-12)10-5-4-6-16-10/h4-6,8H,7H2,1-3H3,(H2,13,14,15). The number of nitrogens with one attached hydrogen (secondary N) is 2. The molecule has 0 aromatic carbocycles. The van der Waals surface area contributed by atoms with E-state index in [1.165, 1.54) is 0 Å². The number of nitrogens with zero attached hydrogens (tertiary/aromatic N) is 1. The minimum Gasteiger partial charge on any atom is -0.463 e. The number of furan rings is 1. The van der Waals surface area contributed by atoms with Crippen molar-refractivity contribution in [1.82, 2.24) is 10.2 Å². The van der Waals surface area contributed by atoms with E-state index in [-0.39, 0.29) is 0 Å². The molecule has 2 N–H and O–H groups in total. The van der Waals surface area contributed by atoms with E-state index in [1.807, 2.05) is 19.1 Å². The van der Waals surface area contributed by atoms with Crippen LogP contribution in [0.2, 0.25) is 0 Å². The molecule has 0 saturated heterocycles. The van der Waals surface area contributed by atoms with Gasteiger partial charge in [-0.3, -0.25) is 5.10 Å². The van der Waals surface area contributed by atoms with Crippen molar-refractivity contribution >= 4 is 5.82 Å². The number of hydrogen-bond donors (Lipinski definition) is 2. The van der Waals surface area contributed by atoms with E-state index in [1.54, 1.807) is 6.26 Å². The Balaban J connectivity index is 2.18. The van der Waals surface area contributed by atoms with Crippen LogP contribution in [0, 0.1) is 12.8 Å². The molecule has 0 unspecified atom stereocenters. The van der Waals surface area contributed by atoms with Crippen LogP contribution in [0.4, 0.5) is 5.82 Å². The Labute approximate surface area is 95.1 Å². The van der Waals surface area contributed by atoms with E-state index < -0.39 is 0 Å². The number of hydrogen-bond acceptors (Lipinski definition) is 3. The SMILES string of the molecule is Cc1c(NCC(C)C)n[nH]c1-c1ccco1. The highest BCUT2D eigenvalue weighted by Crippen LogP contribution is 2.25. The minimum absolute atomic E-state index is 0.600. The van der Waals surface area contributed by atoms with Crippen molar-refractivity contribution in [2.45, 2.75) is 20.8 Å². The zero-order valence-corrected chi connectivity index (χ0v) is 9.87. The Hall–Kier alpha value is -1.71. The van der Waals surface area contributed by atoms with E-state index in [0.29, 0.717) is 5.92 Å². The zero-order chi connectivity index (χ0) is 11.5. The van der Waals surface area contributed by atoms with Gasteiger partial charge in [0.05, 0.1) is 6.26 Å². The first-order chi connectivity index (χ1) is 7.68. The van der Waals surface area contributed by atoms with Crippen molar-refractivity contribution in [3.8, 4) is 11.5 Å². The van der Waals surface area contributed by atoms with E-state index in [2.05, 4.69) is 29.4 Å². The third-order valence-electron chi connectivity index (χ3n) is 2.46. The smallest absolute Gasteiger partial charge is 0.151 e. The van der Waals surface area contributed by atoms with Crippen LogP contribution in [0.5, 0.6) is 0 Å². The second-order valence-electron chi connectivity index (χ2n) is 4.32. The molecule has 86 valence electrons. The van der Waals surface area contributed by atoms with Gasteiger partial charge < -0.3 is 9.73 Å². The predicted molar refractivity (Wildman–Crippen MR) is 64.4 cm³/mol. The molecule has 0 saturated carbocycles. The number of H-pyrrole nitrogens is 1. The van der Waals surface area contributed by atoms with Gasteiger partial charge in [0.2, 0.25) is 0 Å². The van der Waals surface area contributed by atoms with Crippen LogP contribution >= 0.6 is 0 Å². The summed E-state index contributed by atoms with van der Waals surface area (Å²) in [5.41, 5.74) is 2.03. The second-order valence-corrected chi connectivity index (χ2v) is 4.32. The average molecular weight is 219 g/mol. The summed E-state index contributed by atoms with van der Waals surface area (Å²) in [7, 11) is 0. The van der Waals surface area contributed by atoms with Gasteiger partial charge in [-0.15, -0.1) is 0 Å². The fraction of sp³-hybridized carbons (Fsp3) is 0.417. The van der Waals surface area contributed by atoms with Crippen molar-refractivity contribution in [2.24, 2.45) is 5.92 Å². The molecule has 2 aromatic rings. The molecule has 2 aromatic heterocycles. The molecular formula is C12H17N3O. The zero-order valence-electron chi connectivity index (χ0n) is 9.87. The third kappa shape index (κ3) is 2.10. The lowest BCUT2D eigenvalue weighted by atomic mass is 10.2. The maximum absolute atomic E-state index is 5.34. The van der Waals surface area contributed by atoms with Gasteiger partial charge in [-0.05, 0) is 25.0 Å². The summed E-state index contributed by atoms with van der Waals surface area (Å²) in [6.07, 6.45) is 1.66. The molecule has 0 bridgehead atoms. The summed E-state index contributed by atoms with van der Waals surface area (Å²) in [5, 5.41) is 10.6. The Morgan fingerprint density at radius 2 is 2.31 bits per heavy atom.